The summed E-state index contributed by atoms with van der Waals surface area (Å²) in [5.74, 6) is -0.457. The van der Waals surface area contributed by atoms with E-state index in [0.29, 0.717) is 30.9 Å². The molecule has 30 heavy (non-hydrogen) atoms. The predicted octanol–water partition coefficient (Wildman–Crippen LogP) is 2.72. The van der Waals surface area contributed by atoms with Gasteiger partial charge in [-0.05, 0) is 49.6 Å². The normalized spacial score (nSPS) is 12.4. The number of rotatable bonds is 12. The van der Waals surface area contributed by atoms with Crippen LogP contribution in [0.3, 0.4) is 0 Å². The van der Waals surface area contributed by atoms with Gasteiger partial charge in [0, 0.05) is 13.7 Å². The molecule has 0 saturated heterocycles. The Morgan fingerprint density at radius 3 is 2.47 bits per heavy atom. The summed E-state index contributed by atoms with van der Waals surface area (Å²) in [6.07, 6.45) is 0.382. The first-order chi connectivity index (χ1) is 14.4. The number of aryl methyl sites for hydroxylation is 1. The molecule has 0 unspecified atom stereocenters. The smallest absolute Gasteiger partial charge is 0.310 e. The number of hydrogen-bond acceptors (Lipinski definition) is 6. The minimum atomic E-state index is -3.80. The van der Waals surface area contributed by atoms with Gasteiger partial charge in [0.15, 0.2) is 0 Å². The number of sulfonamides is 1. The first kappa shape index (κ1) is 23.9. The lowest BCUT2D eigenvalue weighted by molar-refractivity contribution is -0.147. The average Bonchev–Trinajstić information content (AvgIpc) is 2.73. The molecule has 7 nitrogen and oxygen atoms in total. The fourth-order valence-corrected chi connectivity index (χ4v) is 4.04. The molecule has 0 aromatic heterocycles. The molecule has 0 radical (unpaired) electrons. The lowest BCUT2D eigenvalue weighted by atomic mass is 10.00. The van der Waals surface area contributed by atoms with Crippen LogP contribution in [0.5, 0.6) is 5.75 Å². The standard InChI is InChI=1S/C22H29NO6S/c1-4-28-22(24)19(15-18-8-6-5-7-9-18)16-23-30(25,26)20-10-11-21(17(2)14-20)29-13-12-27-3/h5-11,14,19,23H,4,12-13,15-16H2,1-3H3/t19-/m1/s1. The zero-order valence-corrected chi connectivity index (χ0v) is 18.4. The highest BCUT2D eigenvalue weighted by molar-refractivity contribution is 7.89. The molecule has 0 saturated carbocycles. The maximum atomic E-state index is 12.8. The number of carbonyl (C=O) groups is 1. The van der Waals surface area contributed by atoms with Gasteiger partial charge < -0.3 is 14.2 Å². The van der Waals surface area contributed by atoms with Crippen molar-refractivity contribution in [3.05, 3.63) is 59.7 Å². The lowest BCUT2D eigenvalue weighted by Crippen LogP contribution is -2.35. The first-order valence-corrected chi connectivity index (χ1v) is 11.3. The highest BCUT2D eigenvalue weighted by Gasteiger charge is 2.24. The molecule has 0 heterocycles. The number of benzene rings is 2. The SMILES string of the molecule is CCOC(=O)[C@@H](CNS(=O)(=O)c1ccc(OCCOC)c(C)c1)Cc1ccccc1. The van der Waals surface area contributed by atoms with E-state index in [1.54, 1.807) is 33.1 Å². The summed E-state index contributed by atoms with van der Waals surface area (Å²) in [7, 11) is -2.22. The van der Waals surface area contributed by atoms with E-state index < -0.39 is 21.9 Å². The maximum Gasteiger partial charge on any atom is 0.310 e. The van der Waals surface area contributed by atoms with Gasteiger partial charge in [0.05, 0.1) is 24.0 Å². The number of nitrogens with one attached hydrogen (secondary N) is 1. The van der Waals surface area contributed by atoms with Crippen LogP contribution >= 0.6 is 0 Å². The predicted molar refractivity (Wildman–Crippen MR) is 114 cm³/mol. The second-order valence-corrected chi connectivity index (χ2v) is 8.53. The Balaban J connectivity index is 2.09. The second-order valence-electron chi connectivity index (χ2n) is 6.76. The Bertz CT molecular complexity index is 914. The maximum absolute atomic E-state index is 12.8. The highest BCUT2D eigenvalue weighted by Crippen LogP contribution is 2.22. The third kappa shape index (κ3) is 7.12. The molecule has 8 heteroatoms. The third-order valence-corrected chi connectivity index (χ3v) is 5.89. The van der Waals surface area contributed by atoms with Gasteiger partial charge in [0.25, 0.3) is 0 Å². The van der Waals surface area contributed by atoms with Gasteiger partial charge in [-0.25, -0.2) is 13.1 Å². The van der Waals surface area contributed by atoms with Crippen LogP contribution in [0.1, 0.15) is 18.1 Å². The van der Waals surface area contributed by atoms with Gasteiger partial charge in [-0.15, -0.1) is 0 Å². The van der Waals surface area contributed by atoms with Crippen molar-refractivity contribution in [2.24, 2.45) is 5.92 Å². The highest BCUT2D eigenvalue weighted by atomic mass is 32.2. The molecule has 1 N–H and O–H groups in total. The molecule has 0 fully saturated rings. The van der Waals surface area contributed by atoms with E-state index in [4.69, 9.17) is 14.2 Å². The van der Waals surface area contributed by atoms with Crippen LogP contribution in [-0.2, 0) is 30.7 Å². The number of carbonyl (C=O) groups excluding carboxylic acids is 1. The molecule has 1 atom stereocenters. The van der Waals surface area contributed by atoms with E-state index in [1.165, 1.54) is 6.07 Å². The van der Waals surface area contributed by atoms with E-state index in [2.05, 4.69) is 4.72 Å². The molecular weight excluding hydrogens is 406 g/mol. The van der Waals surface area contributed by atoms with Crippen LogP contribution in [-0.4, -0.2) is 47.9 Å². The Hall–Kier alpha value is -2.42. The van der Waals surface area contributed by atoms with Gasteiger partial charge in [0.1, 0.15) is 12.4 Å². The van der Waals surface area contributed by atoms with Gasteiger partial charge in [-0.3, -0.25) is 4.79 Å². The van der Waals surface area contributed by atoms with Crippen LogP contribution in [0.25, 0.3) is 0 Å². The summed E-state index contributed by atoms with van der Waals surface area (Å²) >= 11 is 0. The zero-order valence-electron chi connectivity index (χ0n) is 17.6. The van der Waals surface area contributed by atoms with Crippen molar-refractivity contribution >= 4 is 16.0 Å². The monoisotopic (exact) mass is 435 g/mol. The Kier molecular flexibility index (Phi) is 9.29. The Labute approximate surface area is 178 Å². The summed E-state index contributed by atoms with van der Waals surface area (Å²) in [4.78, 5) is 12.5. The van der Waals surface area contributed by atoms with Crippen molar-refractivity contribution in [1.82, 2.24) is 4.72 Å². The van der Waals surface area contributed by atoms with Crippen LogP contribution in [0.4, 0.5) is 0 Å². The molecule has 164 valence electrons. The minimum absolute atomic E-state index is 0.0544. The molecule has 0 aliphatic rings. The van der Waals surface area contributed by atoms with Gasteiger partial charge in [-0.2, -0.15) is 0 Å². The van der Waals surface area contributed by atoms with Crippen LogP contribution in [0, 0.1) is 12.8 Å². The fourth-order valence-electron chi connectivity index (χ4n) is 2.88. The molecule has 0 bridgehead atoms. The molecule has 2 aromatic rings. The van der Waals surface area contributed by atoms with Crippen molar-refractivity contribution in [3.63, 3.8) is 0 Å². The number of hydrogen-bond donors (Lipinski definition) is 1. The molecule has 0 amide bonds. The molecule has 0 spiro atoms. The minimum Gasteiger partial charge on any atom is -0.491 e. The summed E-state index contributed by atoms with van der Waals surface area (Å²) < 4.78 is 43.7. The zero-order chi connectivity index (χ0) is 22.0. The summed E-state index contributed by atoms with van der Waals surface area (Å²) in [5, 5.41) is 0. The van der Waals surface area contributed by atoms with Gasteiger partial charge in [0.2, 0.25) is 10.0 Å². The Morgan fingerprint density at radius 1 is 1.10 bits per heavy atom. The number of methoxy groups -OCH3 is 1. The average molecular weight is 436 g/mol. The molecule has 0 aliphatic carbocycles. The molecule has 2 rings (SSSR count). The first-order valence-electron chi connectivity index (χ1n) is 9.80. The van der Waals surface area contributed by atoms with E-state index in [9.17, 15) is 13.2 Å². The van der Waals surface area contributed by atoms with Crippen LogP contribution in [0.15, 0.2) is 53.4 Å². The summed E-state index contributed by atoms with van der Waals surface area (Å²) in [6, 6.07) is 14.1. The lowest BCUT2D eigenvalue weighted by Gasteiger charge is -2.17. The largest absolute Gasteiger partial charge is 0.491 e. The summed E-state index contributed by atoms with van der Waals surface area (Å²) in [5.41, 5.74) is 1.63. The fraction of sp³-hybridized carbons (Fsp3) is 0.409. The van der Waals surface area contributed by atoms with E-state index in [0.717, 1.165) is 5.56 Å². The third-order valence-electron chi connectivity index (χ3n) is 4.47. The van der Waals surface area contributed by atoms with E-state index >= 15 is 0 Å². The topological polar surface area (TPSA) is 90.9 Å². The van der Waals surface area contributed by atoms with E-state index in [1.807, 2.05) is 30.3 Å². The van der Waals surface area contributed by atoms with Crippen molar-refractivity contribution < 1.29 is 27.4 Å². The van der Waals surface area contributed by atoms with Crippen molar-refractivity contribution in [3.8, 4) is 5.75 Å². The number of esters is 1. The Morgan fingerprint density at radius 2 is 1.83 bits per heavy atom. The molecular formula is C22H29NO6S. The second kappa shape index (κ2) is 11.7. The van der Waals surface area contributed by atoms with Crippen molar-refractivity contribution in [1.29, 1.82) is 0 Å². The molecule has 0 aliphatic heterocycles. The van der Waals surface area contributed by atoms with Gasteiger partial charge in [-0.1, -0.05) is 30.3 Å². The van der Waals surface area contributed by atoms with Crippen LogP contribution < -0.4 is 9.46 Å². The van der Waals surface area contributed by atoms with Crippen molar-refractivity contribution in [2.45, 2.75) is 25.2 Å². The van der Waals surface area contributed by atoms with Crippen LogP contribution in [0.2, 0.25) is 0 Å². The van der Waals surface area contributed by atoms with Gasteiger partial charge >= 0.3 is 5.97 Å². The molecule has 2 aromatic carbocycles. The number of ether oxygens (including phenoxy) is 3. The van der Waals surface area contributed by atoms with Crippen molar-refractivity contribution in [2.75, 3.05) is 33.5 Å². The summed E-state index contributed by atoms with van der Waals surface area (Å²) in [6.45, 7) is 4.50. The quantitative estimate of drug-likeness (QED) is 0.407. The van der Waals surface area contributed by atoms with E-state index in [-0.39, 0.29) is 18.0 Å².